The van der Waals surface area contributed by atoms with Gasteiger partial charge in [-0.2, -0.15) is 0 Å². The van der Waals surface area contributed by atoms with Gasteiger partial charge in [-0.05, 0) is 54.4 Å². The Kier molecular flexibility index (Phi) is 4.03. The van der Waals surface area contributed by atoms with E-state index in [0.29, 0.717) is 5.02 Å². The minimum Gasteiger partial charge on any atom is -0.249 e. The van der Waals surface area contributed by atoms with Gasteiger partial charge in [0.25, 0.3) is 0 Å². The van der Waals surface area contributed by atoms with Crippen LogP contribution in [0, 0.1) is 6.92 Å². The molecule has 0 amide bonds. The van der Waals surface area contributed by atoms with Crippen molar-refractivity contribution in [1.82, 2.24) is 15.0 Å². The maximum Gasteiger partial charge on any atom is 0.111 e. The molecule has 3 aromatic carbocycles. The first-order valence-corrected chi connectivity index (χ1v) is 9.46. The second-order valence-electron chi connectivity index (χ2n) is 6.73. The summed E-state index contributed by atoms with van der Waals surface area (Å²) in [6.45, 7) is 1.98. The van der Waals surface area contributed by atoms with Crippen molar-refractivity contribution in [2.45, 2.75) is 6.92 Å². The van der Waals surface area contributed by atoms with E-state index in [0.717, 1.165) is 50.1 Å². The predicted molar refractivity (Wildman–Crippen MR) is 115 cm³/mol. The van der Waals surface area contributed by atoms with E-state index < -0.39 is 0 Å². The fourth-order valence-electron chi connectivity index (χ4n) is 3.51. The summed E-state index contributed by atoms with van der Waals surface area (Å²) in [7, 11) is 0. The molecule has 0 saturated heterocycles. The quantitative estimate of drug-likeness (QED) is 0.351. The monoisotopic (exact) mass is 381 g/mol. The van der Waals surface area contributed by atoms with Crippen LogP contribution in [0.1, 0.15) is 5.69 Å². The van der Waals surface area contributed by atoms with Gasteiger partial charge in [-0.1, -0.05) is 54.1 Å². The van der Waals surface area contributed by atoms with Crippen molar-refractivity contribution in [3.8, 4) is 22.5 Å². The molecule has 0 unspecified atom stereocenters. The third-order valence-electron chi connectivity index (χ3n) is 4.84. The maximum atomic E-state index is 6.28. The van der Waals surface area contributed by atoms with Gasteiger partial charge < -0.3 is 0 Å². The number of hydrogen-bond donors (Lipinski definition) is 0. The van der Waals surface area contributed by atoms with Gasteiger partial charge in [0, 0.05) is 10.4 Å². The Hall–Kier alpha value is -3.30. The van der Waals surface area contributed by atoms with Crippen molar-refractivity contribution >= 4 is 33.5 Å². The van der Waals surface area contributed by atoms with Crippen LogP contribution < -0.4 is 0 Å². The van der Waals surface area contributed by atoms with Crippen LogP contribution in [0.4, 0.5) is 0 Å². The molecule has 0 radical (unpaired) electrons. The van der Waals surface area contributed by atoms with Crippen LogP contribution in [0.3, 0.4) is 0 Å². The van der Waals surface area contributed by atoms with E-state index in [9.17, 15) is 0 Å². The van der Waals surface area contributed by atoms with Crippen molar-refractivity contribution in [1.29, 1.82) is 0 Å². The molecule has 0 atom stereocenters. The molecular weight excluding hydrogens is 366 g/mol. The third kappa shape index (κ3) is 2.90. The van der Waals surface area contributed by atoms with Crippen molar-refractivity contribution in [3.63, 3.8) is 0 Å². The van der Waals surface area contributed by atoms with Crippen LogP contribution in [0.15, 0.2) is 78.9 Å². The number of aromatic nitrogens is 3. The zero-order chi connectivity index (χ0) is 19.1. The zero-order valence-corrected chi connectivity index (χ0v) is 16.0. The minimum absolute atomic E-state index is 0.695. The Morgan fingerprint density at radius 1 is 0.679 bits per heavy atom. The van der Waals surface area contributed by atoms with E-state index in [1.807, 2.05) is 67.6 Å². The first kappa shape index (κ1) is 16.8. The summed E-state index contributed by atoms with van der Waals surface area (Å²) in [5.41, 5.74) is 7.30. The number of para-hydroxylation sites is 2. The topological polar surface area (TPSA) is 38.7 Å². The number of aryl methyl sites for hydroxylation is 1. The van der Waals surface area contributed by atoms with Gasteiger partial charge in [0.2, 0.25) is 0 Å². The van der Waals surface area contributed by atoms with Crippen molar-refractivity contribution in [2.75, 3.05) is 0 Å². The summed E-state index contributed by atoms with van der Waals surface area (Å²) in [6.07, 6.45) is 0. The van der Waals surface area contributed by atoms with Gasteiger partial charge >= 0.3 is 0 Å². The molecule has 0 bridgehead atoms. The highest BCUT2D eigenvalue weighted by atomic mass is 35.5. The van der Waals surface area contributed by atoms with E-state index in [2.05, 4.69) is 18.2 Å². The van der Waals surface area contributed by atoms with Crippen LogP contribution in [-0.2, 0) is 0 Å². The average Bonchev–Trinajstić information content (AvgIpc) is 2.73. The van der Waals surface area contributed by atoms with Gasteiger partial charge in [-0.3, -0.25) is 0 Å². The molecule has 0 spiro atoms. The van der Waals surface area contributed by atoms with E-state index in [4.69, 9.17) is 26.6 Å². The summed E-state index contributed by atoms with van der Waals surface area (Å²) in [6, 6.07) is 26.0. The zero-order valence-electron chi connectivity index (χ0n) is 15.2. The summed E-state index contributed by atoms with van der Waals surface area (Å²) >= 11 is 6.28. The standard InChI is InChI=1S/C24H16ClN3/c1-15-24(28-22-10-6-5-9-21(22)26-15)23-14-18(16-7-3-2-4-8-16)19-13-17(25)11-12-20(19)27-23/h2-14H,1H3. The number of rotatable bonds is 2. The van der Waals surface area contributed by atoms with Crippen LogP contribution >= 0.6 is 11.6 Å². The molecule has 134 valence electrons. The van der Waals surface area contributed by atoms with Crippen LogP contribution in [0.2, 0.25) is 5.02 Å². The Labute approximate surface area is 167 Å². The van der Waals surface area contributed by atoms with Crippen LogP contribution in [-0.4, -0.2) is 15.0 Å². The summed E-state index contributed by atoms with van der Waals surface area (Å²) < 4.78 is 0. The molecule has 0 aliphatic carbocycles. The molecule has 0 N–H and O–H groups in total. The normalized spacial score (nSPS) is 11.2. The largest absolute Gasteiger partial charge is 0.249 e. The summed E-state index contributed by atoms with van der Waals surface area (Å²) in [5.74, 6) is 0. The van der Waals surface area contributed by atoms with Gasteiger partial charge in [0.05, 0.1) is 27.9 Å². The molecular formula is C24H16ClN3. The minimum atomic E-state index is 0.695. The fourth-order valence-corrected chi connectivity index (χ4v) is 3.68. The third-order valence-corrected chi connectivity index (χ3v) is 5.08. The van der Waals surface area contributed by atoms with Crippen molar-refractivity contribution in [2.24, 2.45) is 0 Å². The van der Waals surface area contributed by atoms with E-state index in [1.165, 1.54) is 0 Å². The molecule has 0 fully saturated rings. The van der Waals surface area contributed by atoms with Gasteiger partial charge in [0.15, 0.2) is 0 Å². The number of fused-ring (bicyclic) bond motifs is 2. The predicted octanol–water partition coefficient (Wildman–Crippen LogP) is 6.47. The molecule has 0 aliphatic rings. The van der Waals surface area contributed by atoms with E-state index in [-0.39, 0.29) is 0 Å². The van der Waals surface area contributed by atoms with Crippen molar-refractivity contribution in [3.05, 3.63) is 89.6 Å². The van der Waals surface area contributed by atoms with Crippen LogP contribution in [0.25, 0.3) is 44.5 Å². The Bertz CT molecular complexity index is 1330. The molecule has 4 heteroatoms. The Balaban J connectivity index is 1.82. The van der Waals surface area contributed by atoms with Crippen molar-refractivity contribution < 1.29 is 0 Å². The molecule has 2 aromatic heterocycles. The molecule has 0 saturated carbocycles. The number of pyridine rings is 1. The average molecular weight is 382 g/mol. The summed E-state index contributed by atoms with van der Waals surface area (Å²) in [5, 5.41) is 1.72. The number of nitrogens with zero attached hydrogens (tertiary/aromatic N) is 3. The molecule has 5 aromatic rings. The first-order chi connectivity index (χ1) is 13.7. The lowest BCUT2D eigenvalue weighted by Gasteiger charge is -2.12. The highest BCUT2D eigenvalue weighted by molar-refractivity contribution is 6.31. The maximum absolute atomic E-state index is 6.28. The Morgan fingerprint density at radius 3 is 2.18 bits per heavy atom. The molecule has 3 nitrogen and oxygen atoms in total. The fraction of sp³-hybridized carbons (Fsp3) is 0.0417. The van der Waals surface area contributed by atoms with Gasteiger partial charge in [0.1, 0.15) is 5.69 Å². The Morgan fingerprint density at radius 2 is 1.39 bits per heavy atom. The number of hydrogen-bond acceptors (Lipinski definition) is 3. The lowest BCUT2D eigenvalue weighted by Crippen LogP contribution is -1.97. The highest BCUT2D eigenvalue weighted by Gasteiger charge is 2.14. The summed E-state index contributed by atoms with van der Waals surface area (Å²) in [4.78, 5) is 14.5. The van der Waals surface area contributed by atoms with Crippen LogP contribution in [0.5, 0.6) is 0 Å². The number of halogens is 1. The van der Waals surface area contributed by atoms with Gasteiger partial charge in [-0.25, -0.2) is 15.0 Å². The second kappa shape index (κ2) is 6.70. The SMILES string of the molecule is Cc1nc2ccccc2nc1-c1cc(-c2ccccc2)c2cc(Cl)ccc2n1. The highest BCUT2D eigenvalue weighted by Crippen LogP contribution is 2.34. The lowest BCUT2D eigenvalue weighted by molar-refractivity contribution is 1.17. The van der Waals surface area contributed by atoms with Gasteiger partial charge in [-0.15, -0.1) is 0 Å². The smallest absolute Gasteiger partial charge is 0.111 e. The molecule has 2 heterocycles. The van der Waals surface area contributed by atoms with E-state index in [1.54, 1.807) is 0 Å². The second-order valence-corrected chi connectivity index (χ2v) is 7.17. The number of benzene rings is 3. The lowest BCUT2D eigenvalue weighted by atomic mass is 9.99. The molecule has 28 heavy (non-hydrogen) atoms. The molecule has 0 aliphatic heterocycles. The first-order valence-electron chi connectivity index (χ1n) is 9.08. The molecule has 5 rings (SSSR count). The van der Waals surface area contributed by atoms with E-state index >= 15 is 0 Å².